The number of anilines is 1. The Labute approximate surface area is 284 Å². The van der Waals surface area contributed by atoms with Crippen molar-refractivity contribution in [3.8, 4) is 0 Å². The molecule has 0 bridgehead atoms. The number of carbonyl (C=O) groups is 5. The van der Waals surface area contributed by atoms with E-state index in [0.29, 0.717) is 35.2 Å². The van der Waals surface area contributed by atoms with Crippen molar-refractivity contribution in [1.82, 2.24) is 15.5 Å². The third kappa shape index (κ3) is 13.2. The summed E-state index contributed by atoms with van der Waals surface area (Å²) < 4.78 is 10.9. The van der Waals surface area contributed by atoms with Crippen LogP contribution in [0, 0.1) is 12.3 Å². The van der Waals surface area contributed by atoms with Gasteiger partial charge in [0.1, 0.15) is 23.3 Å². The van der Waals surface area contributed by atoms with Crippen LogP contribution in [0.2, 0.25) is 0 Å². The second kappa shape index (κ2) is 18.5. The number of guanidine groups is 1. The van der Waals surface area contributed by atoms with Crippen LogP contribution in [0.5, 0.6) is 0 Å². The zero-order valence-electron chi connectivity index (χ0n) is 28.4. The molecule has 1 heterocycles. The average Bonchev–Trinajstić information content (AvgIpc) is 2.99. The van der Waals surface area contributed by atoms with Gasteiger partial charge in [0.2, 0.25) is 17.7 Å². The van der Waals surface area contributed by atoms with Gasteiger partial charge in [0, 0.05) is 36.2 Å². The lowest BCUT2D eigenvalue weighted by atomic mass is 10.0. The van der Waals surface area contributed by atoms with E-state index in [1.807, 2.05) is 0 Å². The quantitative estimate of drug-likeness (QED) is 0.0492. The fourth-order valence-corrected chi connectivity index (χ4v) is 4.83. The number of nitrogens with one attached hydrogen (secondary N) is 4. The molecule has 0 saturated carbocycles. The van der Waals surface area contributed by atoms with Crippen LogP contribution in [0.3, 0.4) is 0 Å². The van der Waals surface area contributed by atoms with Crippen molar-refractivity contribution < 1.29 is 33.1 Å². The van der Waals surface area contributed by atoms with Crippen molar-refractivity contribution in [3.63, 3.8) is 0 Å². The molecule has 0 unspecified atom stereocenters. The van der Waals surface area contributed by atoms with E-state index in [9.17, 15) is 28.8 Å². The van der Waals surface area contributed by atoms with Gasteiger partial charge in [-0.3, -0.25) is 24.6 Å². The number of primary amides is 1. The number of unbranched alkanes of at least 4 members (excludes halogenated alkanes) is 1. The number of benzene rings is 1. The maximum absolute atomic E-state index is 14.3. The summed E-state index contributed by atoms with van der Waals surface area (Å²) in [4.78, 5) is 79.1. The first-order valence-electron chi connectivity index (χ1n) is 16.0. The molecule has 49 heavy (non-hydrogen) atoms. The molecule has 0 spiro atoms. The summed E-state index contributed by atoms with van der Waals surface area (Å²) in [5.41, 5.74) is 21.6. The number of aryl methyl sites for hydroxylation is 1. The Balaban J connectivity index is 2.58. The molecule has 0 aliphatic heterocycles. The zero-order valence-corrected chi connectivity index (χ0v) is 28.4. The van der Waals surface area contributed by atoms with Crippen molar-refractivity contribution in [3.05, 3.63) is 40.2 Å². The first-order valence-corrected chi connectivity index (χ1v) is 16.0. The highest BCUT2D eigenvalue weighted by atomic mass is 16.6. The number of ether oxygens (including phenoxy) is 1. The summed E-state index contributed by atoms with van der Waals surface area (Å²) in [6.45, 7) is 6.91. The Kier molecular flexibility index (Phi) is 15.2. The van der Waals surface area contributed by atoms with Crippen LogP contribution in [-0.2, 0) is 23.9 Å². The minimum absolute atomic E-state index is 0.0346. The molecule has 1 aromatic carbocycles. The van der Waals surface area contributed by atoms with Crippen molar-refractivity contribution in [1.29, 1.82) is 5.41 Å². The normalized spacial score (nSPS) is 13.1. The first-order chi connectivity index (χ1) is 22.9. The van der Waals surface area contributed by atoms with Crippen molar-refractivity contribution in [2.75, 3.05) is 18.4 Å². The molecule has 5 amide bonds. The summed E-state index contributed by atoms with van der Waals surface area (Å²) in [6.07, 6.45) is -0.455. The highest BCUT2D eigenvalue weighted by molar-refractivity contribution is 6.05. The zero-order chi connectivity index (χ0) is 36.9. The molecule has 2 rings (SSSR count). The maximum atomic E-state index is 14.3. The van der Waals surface area contributed by atoms with Gasteiger partial charge in [-0.1, -0.05) is 0 Å². The molecular weight excluding hydrogens is 638 g/mol. The van der Waals surface area contributed by atoms with Crippen LogP contribution in [0.25, 0.3) is 11.0 Å². The van der Waals surface area contributed by atoms with E-state index in [1.54, 1.807) is 39.8 Å². The van der Waals surface area contributed by atoms with Crippen LogP contribution >= 0.6 is 0 Å². The minimum atomic E-state index is -1.49. The van der Waals surface area contributed by atoms with E-state index < -0.39 is 59.1 Å². The standard InChI is InChI=1S/C32H49N9O8/c1-18-16-26(43)48-24-17-19(10-11-20(18)24)39-28(45)23(9-7-15-38-30(36)37)41(31(47)49-32(2,3)4)29(46)22(8-5-6-14-33)40-27(44)21(34)12-13-25(35)42/h10-11,16-17,21-23H,5-9,12-15,33-34H2,1-4H3,(H2,35,42)(H,39,45)(H,40,44)(H4,36,37,38)/t21-,22-,23-/m0/s1. The predicted molar refractivity (Wildman–Crippen MR) is 183 cm³/mol. The SMILES string of the molecule is Cc1cc(=O)oc2cc(NC(=O)[C@H](CCCNC(=N)N)N(C(=O)OC(C)(C)C)C(=O)[C@H](CCCCN)NC(=O)[C@@H](N)CCC(N)=O)ccc12. The Morgan fingerprint density at radius 1 is 1.00 bits per heavy atom. The number of hydrogen-bond donors (Lipinski definition) is 8. The van der Waals surface area contributed by atoms with Gasteiger partial charge >= 0.3 is 11.7 Å². The largest absolute Gasteiger partial charge is 0.443 e. The van der Waals surface area contributed by atoms with E-state index in [1.165, 1.54) is 12.1 Å². The molecule has 17 heteroatoms. The fraction of sp³-hybridized carbons (Fsp3) is 0.531. The first kappa shape index (κ1) is 40.1. The maximum Gasteiger partial charge on any atom is 0.417 e. The van der Waals surface area contributed by atoms with E-state index in [2.05, 4.69) is 16.0 Å². The molecule has 1 aromatic heterocycles. The molecule has 0 fully saturated rings. The molecule has 0 aliphatic carbocycles. The highest BCUT2D eigenvalue weighted by Crippen LogP contribution is 2.23. The van der Waals surface area contributed by atoms with E-state index in [4.69, 9.17) is 37.5 Å². The second-order valence-electron chi connectivity index (χ2n) is 12.6. The lowest BCUT2D eigenvalue weighted by Gasteiger charge is -2.34. The molecule has 0 aliphatic rings. The highest BCUT2D eigenvalue weighted by Gasteiger charge is 2.41. The van der Waals surface area contributed by atoms with Crippen LogP contribution in [0.15, 0.2) is 33.5 Å². The van der Waals surface area contributed by atoms with Gasteiger partial charge in [-0.15, -0.1) is 0 Å². The van der Waals surface area contributed by atoms with E-state index in [0.717, 1.165) is 0 Å². The Hall–Kier alpha value is -5.03. The monoisotopic (exact) mass is 687 g/mol. The number of fused-ring (bicyclic) bond motifs is 1. The Morgan fingerprint density at radius 3 is 2.31 bits per heavy atom. The number of rotatable bonds is 17. The smallest absolute Gasteiger partial charge is 0.417 e. The van der Waals surface area contributed by atoms with Crippen LogP contribution in [-0.4, -0.2) is 77.4 Å². The Bertz CT molecular complexity index is 1570. The summed E-state index contributed by atoms with van der Waals surface area (Å²) in [5.74, 6) is -3.48. The number of hydrogen-bond acceptors (Lipinski definition) is 11. The van der Waals surface area contributed by atoms with Gasteiger partial charge in [-0.05, 0) is 90.5 Å². The van der Waals surface area contributed by atoms with Crippen molar-refractivity contribution in [2.45, 2.75) is 96.4 Å². The lowest BCUT2D eigenvalue weighted by molar-refractivity contribution is -0.141. The van der Waals surface area contributed by atoms with Gasteiger partial charge < -0.3 is 48.0 Å². The van der Waals surface area contributed by atoms with E-state index >= 15 is 0 Å². The van der Waals surface area contributed by atoms with Gasteiger partial charge in [0.05, 0.1) is 6.04 Å². The van der Waals surface area contributed by atoms with Crippen LogP contribution in [0.1, 0.15) is 71.3 Å². The average molecular weight is 688 g/mol. The van der Waals surface area contributed by atoms with Crippen LogP contribution in [0.4, 0.5) is 10.5 Å². The molecule has 12 N–H and O–H groups in total. The van der Waals surface area contributed by atoms with E-state index in [-0.39, 0.29) is 55.9 Å². The summed E-state index contributed by atoms with van der Waals surface area (Å²) in [5, 5.41) is 16.0. The molecule has 270 valence electrons. The van der Waals surface area contributed by atoms with Gasteiger partial charge in [-0.2, -0.15) is 0 Å². The molecular formula is C32H49N9O8. The van der Waals surface area contributed by atoms with Crippen molar-refractivity contribution in [2.24, 2.45) is 22.9 Å². The van der Waals surface area contributed by atoms with Crippen molar-refractivity contribution >= 4 is 52.3 Å². The molecule has 0 radical (unpaired) electrons. The number of nitrogens with two attached hydrogens (primary N) is 4. The second-order valence-corrected chi connectivity index (χ2v) is 12.6. The number of imide groups is 1. The number of nitrogens with zero attached hydrogens (tertiary/aromatic N) is 1. The van der Waals surface area contributed by atoms with Gasteiger partial charge in [0.15, 0.2) is 5.96 Å². The molecule has 0 saturated heterocycles. The Morgan fingerprint density at radius 2 is 1.69 bits per heavy atom. The molecule has 17 nitrogen and oxygen atoms in total. The topological polar surface area (TPSA) is 292 Å². The molecule has 2 aromatic rings. The predicted octanol–water partition coefficient (Wildman–Crippen LogP) is 0.642. The third-order valence-corrected chi connectivity index (χ3v) is 7.23. The third-order valence-electron chi connectivity index (χ3n) is 7.23. The number of carbonyl (C=O) groups excluding carboxylic acids is 5. The summed E-state index contributed by atoms with van der Waals surface area (Å²) in [7, 11) is 0. The minimum Gasteiger partial charge on any atom is -0.443 e. The molecule has 3 atom stereocenters. The fourth-order valence-electron chi connectivity index (χ4n) is 4.83. The summed E-state index contributed by atoms with van der Waals surface area (Å²) >= 11 is 0. The summed E-state index contributed by atoms with van der Waals surface area (Å²) in [6, 6.07) is 1.98. The number of amides is 5. The van der Waals surface area contributed by atoms with Crippen LogP contribution < -0.4 is 44.5 Å². The van der Waals surface area contributed by atoms with Gasteiger partial charge in [-0.25, -0.2) is 14.5 Å². The lowest BCUT2D eigenvalue weighted by Crippen LogP contribution is -2.59. The van der Waals surface area contributed by atoms with Gasteiger partial charge in [0.25, 0.3) is 5.91 Å².